The van der Waals surface area contributed by atoms with Gasteiger partial charge in [0.15, 0.2) is 0 Å². The molecule has 3 rings (SSSR count). The second kappa shape index (κ2) is 13.6. The van der Waals surface area contributed by atoms with Gasteiger partial charge in [0.2, 0.25) is 10.6 Å². The van der Waals surface area contributed by atoms with Gasteiger partial charge in [-0.1, -0.05) is 36.4 Å². The predicted octanol–water partition coefficient (Wildman–Crippen LogP) is 2.51. The van der Waals surface area contributed by atoms with E-state index in [2.05, 4.69) is 4.98 Å². The summed E-state index contributed by atoms with van der Waals surface area (Å²) >= 11 is 0. The smallest absolute Gasteiger partial charge is 0.341 e. The van der Waals surface area contributed by atoms with Crippen molar-refractivity contribution in [1.82, 2.24) is 9.55 Å². The van der Waals surface area contributed by atoms with Gasteiger partial charge in [-0.15, -0.1) is 0 Å². The molecular formula is C16H18CoN2O4P2+2. The Hall–Kier alpha value is -1.72. The second-order valence-corrected chi connectivity index (χ2v) is 6.57. The summed E-state index contributed by atoms with van der Waals surface area (Å²) in [4.78, 5) is 20.9. The zero-order valence-corrected chi connectivity index (χ0v) is 16.2. The summed E-state index contributed by atoms with van der Waals surface area (Å²) in [6.45, 7) is 0. The van der Waals surface area contributed by atoms with Crippen molar-refractivity contribution in [2.45, 2.75) is 0 Å². The Labute approximate surface area is 158 Å². The minimum Gasteiger partial charge on any atom is -0.341 e. The van der Waals surface area contributed by atoms with Crippen molar-refractivity contribution in [3.63, 3.8) is 0 Å². The van der Waals surface area contributed by atoms with Crippen molar-refractivity contribution in [2.75, 3.05) is 0 Å². The van der Waals surface area contributed by atoms with Gasteiger partial charge < -0.3 is 4.57 Å². The van der Waals surface area contributed by atoms with Crippen LogP contribution in [0, 0.1) is 0 Å². The Bertz CT molecular complexity index is 692. The van der Waals surface area contributed by atoms with Crippen LogP contribution in [0.5, 0.6) is 0 Å². The molecule has 0 amide bonds. The Morgan fingerprint density at radius 2 is 1.24 bits per heavy atom. The summed E-state index contributed by atoms with van der Waals surface area (Å²) in [6, 6.07) is 17.1. The third kappa shape index (κ3) is 10.7. The molecule has 0 aliphatic carbocycles. The monoisotopic (exact) mass is 423 g/mol. The van der Waals surface area contributed by atoms with E-state index in [1.54, 1.807) is 61.1 Å². The first-order valence-corrected chi connectivity index (χ1v) is 9.27. The normalized spacial score (nSPS) is 10.0. The van der Waals surface area contributed by atoms with Crippen LogP contribution in [0.25, 0.3) is 0 Å². The maximum atomic E-state index is 10.3. The molecule has 9 heteroatoms. The van der Waals surface area contributed by atoms with Crippen LogP contribution in [0.2, 0.25) is 0 Å². The molecule has 0 saturated heterocycles. The fourth-order valence-corrected chi connectivity index (χ4v) is 2.29. The number of rotatable bonds is 2. The van der Waals surface area contributed by atoms with Crippen molar-refractivity contribution >= 4 is 26.7 Å². The Balaban J connectivity index is 0.000000346. The van der Waals surface area contributed by atoms with E-state index in [1.165, 1.54) is 0 Å². The van der Waals surface area contributed by atoms with Crippen LogP contribution in [0.15, 0.2) is 79.4 Å². The van der Waals surface area contributed by atoms with Gasteiger partial charge in [-0.3, -0.25) is 0 Å². The molecule has 0 aliphatic rings. The third-order valence-corrected chi connectivity index (χ3v) is 4.07. The van der Waals surface area contributed by atoms with Gasteiger partial charge in [-0.05, 0) is 33.4 Å². The number of imidazole rings is 1. The van der Waals surface area contributed by atoms with E-state index in [4.69, 9.17) is 9.79 Å². The largest absolute Gasteiger partial charge is 0.546 e. The molecule has 1 radical (unpaired) electrons. The molecular weight excluding hydrogens is 405 g/mol. The number of aryl methyl sites for hydroxylation is 1. The number of hydrogen-bond acceptors (Lipinski definition) is 3. The van der Waals surface area contributed by atoms with E-state index < -0.39 is 16.1 Å². The molecule has 6 nitrogen and oxygen atoms in total. The number of hydrogen-bond donors (Lipinski definition) is 2. The fraction of sp³-hybridized carbons (Fsp3) is 0.0625. The third-order valence-electron chi connectivity index (χ3n) is 2.59. The molecule has 0 saturated carbocycles. The van der Waals surface area contributed by atoms with Gasteiger partial charge in [-0.25, -0.2) is 4.98 Å². The van der Waals surface area contributed by atoms with Crippen LogP contribution < -0.4 is 10.6 Å². The predicted molar refractivity (Wildman–Crippen MR) is 95.0 cm³/mol. The summed E-state index contributed by atoms with van der Waals surface area (Å²) in [5.41, 5.74) is 0. The molecule has 2 unspecified atom stereocenters. The van der Waals surface area contributed by atoms with Crippen LogP contribution in [0.4, 0.5) is 0 Å². The van der Waals surface area contributed by atoms with Crippen molar-refractivity contribution in [2.24, 2.45) is 7.05 Å². The molecule has 3 aromatic rings. The van der Waals surface area contributed by atoms with Gasteiger partial charge in [0.25, 0.3) is 0 Å². The van der Waals surface area contributed by atoms with Gasteiger partial charge >= 0.3 is 16.1 Å². The van der Waals surface area contributed by atoms with E-state index in [9.17, 15) is 9.13 Å². The quantitative estimate of drug-likeness (QED) is 0.619. The van der Waals surface area contributed by atoms with Gasteiger partial charge in [0.05, 0.1) is 6.33 Å². The van der Waals surface area contributed by atoms with Crippen LogP contribution >= 0.6 is 16.1 Å². The summed E-state index contributed by atoms with van der Waals surface area (Å²) in [7, 11) is -2.35. The molecule has 2 N–H and O–H groups in total. The summed E-state index contributed by atoms with van der Waals surface area (Å²) in [5, 5.41) is 0.958. The van der Waals surface area contributed by atoms with E-state index in [0.717, 1.165) is 0 Å². The SMILES string of the molecule is Cn1ccnc1.O=[P+](O)c1ccccc1.O=[P+](O)c1ccccc1.[Co]. The van der Waals surface area contributed by atoms with Gasteiger partial charge in [0.1, 0.15) is 0 Å². The maximum absolute atomic E-state index is 10.3. The maximum Gasteiger partial charge on any atom is 0.546 e. The van der Waals surface area contributed by atoms with E-state index in [-0.39, 0.29) is 16.8 Å². The minimum absolute atomic E-state index is 0. The van der Waals surface area contributed by atoms with Crippen molar-refractivity contribution in [3.05, 3.63) is 79.4 Å². The van der Waals surface area contributed by atoms with Crippen LogP contribution in [0.3, 0.4) is 0 Å². The first-order valence-electron chi connectivity index (χ1n) is 6.85. The molecule has 25 heavy (non-hydrogen) atoms. The molecule has 133 valence electrons. The topological polar surface area (TPSA) is 92.4 Å². The average molecular weight is 423 g/mol. The standard InChI is InChI=1S/2C6H5O2P.C4H6N2.Co/c2*7-9(8)6-4-2-1-3-5-6;1-6-3-2-5-4-6;/h2*1-5H;2-4H,1H3;/p+2. The fourth-order valence-electron chi connectivity index (χ4n) is 1.44. The van der Waals surface area contributed by atoms with E-state index >= 15 is 0 Å². The zero-order chi connectivity index (χ0) is 17.8. The average Bonchev–Trinajstić information content (AvgIpc) is 3.08. The van der Waals surface area contributed by atoms with Crippen molar-refractivity contribution in [1.29, 1.82) is 0 Å². The first-order chi connectivity index (χ1) is 11.5. The van der Waals surface area contributed by atoms with Crippen molar-refractivity contribution in [3.8, 4) is 0 Å². The number of nitrogens with zero attached hydrogens (tertiary/aromatic N) is 2. The molecule has 1 aromatic heterocycles. The zero-order valence-electron chi connectivity index (χ0n) is 13.3. The molecule has 0 aliphatic heterocycles. The minimum atomic E-state index is -2.15. The van der Waals surface area contributed by atoms with Crippen LogP contribution in [-0.2, 0) is 33.0 Å². The van der Waals surface area contributed by atoms with Gasteiger partial charge in [0, 0.05) is 36.2 Å². The van der Waals surface area contributed by atoms with E-state index in [0.29, 0.717) is 10.6 Å². The number of benzene rings is 2. The molecule has 0 bridgehead atoms. The molecule has 0 spiro atoms. The first kappa shape index (κ1) is 23.3. The summed E-state index contributed by atoms with van der Waals surface area (Å²) in [6.07, 6.45) is 5.39. The summed E-state index contributed by atoms with van der Waals surface area (Å²) in [5.74, 6) is 0. The molecule has 2 aromatic carbocycles. The number of aromatic nitrogens is 2. The second-order valence-electron chi connectivity index (χ2n) is 4.45. The van der Waals surface area contributed by atoms with Crippen LogP contribution in [0.1, 0.15) is 0 Å². The van der Waals surface area contributed by atoms with Gasteiger partial charge in [-0.2, -0.15) is 9.79 Å². The molecule has 0 fully saturated rings. The molecule has 1 heterocycles. The van der Waals surface area contributed by atoms with Crippen molar-refractivity contribution < 1.29 is 35.7 Å². The molecule has 2 atom stereocenters. The Kier molecular flexibility index (Phi) is 12.6. The summed E-state index contributed by atoms with van der Waals surface area (Å²) < 4.78 is 22.6. The van der Waals surface area contributed by atoms with Crippen LogP contribution in [-0.4, -0.2) is 19.3 Å². The Morgan fingerprint density at radius 1 is 0.840 bits per heavy atom. The van der Waals surface area contributed by atoms with E-state index in [1.807, 2.05) is 29.9 Å². The Morgan fingerprint density at radius 3 is 1.40 bits per heavy atom.